The monoisotopic (exact) mass is 922 g/mol. The number of nitrogens with zero attached hydrogens (tertiary/aromatic N) is 3. The van der Waals surface area contributed by atoms with Crippen molar-refractivity contribution < 1.29 is 45.5 Å². The molecule has 65 heavy (non-hydrogen) atoms. The van der Waals surface area contributed by atoms with Crippen molar-refractivity contribution in [2.75, 3.05) is 25.4 Å². The van der Waals surface area contributed by atoms with Crippen LogP contribution in [0.4, 0.5) is 0 Å². The average molecular weight is 923 g/mol. The molecule has 2 amide bonds. The summed E-state index contributed by atoms with van der Waals surface area (Å²) in [7, 11) is -8.85. The molecule has 0 aliphatic heterocycles. The first kappa shape index (κ1) is 46.2. The predicted octanol–water partition coefficient (Wildman–Crippen LogP) is 7.67. The Morgan fingerprint density at radius 3 is 2.31 bits per heavy atom. The normalized spacial score (nSPS) is 21.2. The fourth-order valence-electron chi connectivity index (χ4n) is 10.9. The Labute approximate surface area is 381 Å². The Kier molecular flexibility index (Phi) is 13.7. The smallest absolute Gasteiger partial charge is 0.269 e. The third-order valence-corrected chi connectivity index (χ3v) is 16.7. The standard InChI is InChI=1S/C50H58N4O9S2/c1-34-16-20-37(21-17-34)65(61,62)54(49(57)48-41-11-3-5-13-44(41)53(29-10-32-64(58,59)60)45-14-6-4-12-42(45)48)30-9-15-47(56)51-28-7-8-31-63-52-46-25-24-43-40-22-18-35-33-36(55)19-23-38(35)39(40)26-27-50(43,46)2/h3-6,11-14,16-17,19-21,23,33,39-40,43H,7-10,15,18,22,24-32H2,1-2H3,(H2-,51,55,56,58,59,60)/b52-46-/t39-,40-,43+,50+/m1/s1. The Balaban J connectivity index is 0.883. The number of para-hydroxylation sites is 2. The van der Waals surface area contributed by atoms with E-state index < -0.39 is 31.8 Å². The van der Waals surface area contributed by atoms with Crippen molar-refractivity contribution in [3.63, 3.8) is 0 Å². The Morgan fingerprint density at radius 2 is 1.60 bits per heavy atom. The molecule has 3 aliphatic rings. The van der Waals surface area contributed by atoms with Crippen molar-refractivity contribution in [2.24, 2.45) is 22.4 Å². The maximum Gasteiger partial charge on any atom is 0.269 e. The molecule has 0 bridgehead atoms. The van der Waals surface area contributed by atoms with Crippen LogP contribution in [0.2, 0.25) is 0 Å². The van der Waals surface area contributed by atoms with Crippen LogP contribution in [-0.2, 0) is 42.7 Å². The minimum atomic E-state index is -4.45. The van der Waals surface area contributed by atoms with E-state index in [1.165, 1.54) is 23.3 Å². The van der Waals surface area contributed by atoms with Crippen LogP contribution in [0.3, 0.4) is 0 Å². The van der Waals surface area contributed by atoms with E-state index in [-0.39, 0.29) is 54.1 Å². The number of amides is 2. The summed E-state index contributed by atoms with van der Waals surface area (Å²) in [4.78, 5) is 33.8. The number of unbranched alkanes of at least 4 members (excludes halogenated alkanes) is 1. The highest BCUT2D eigenvalue weighted by Gasteiger charge is 2.53. The number of aromatic hydroxyl groups is 1. The summed E-state index contributed by atoms with van der Waals surface area (Å²) in [6, 6.07) is 26.2. The molecule has 2 saturated carbocycles. The van der Waals surface area contributed by atoms with Gasteiger partial charge in [0.25, 0.3) is 15.9 Å². The SMILES string of the molecule is Cc1ccc(S(=O)(=O)N(CCCC(=O)NCCCCO/N=C2/CC[C@H]3[C@@H]4CCc5cc(O)ccc5[C@H]4CC[C@]23C)C(=O)c2c3ccccc3[n+](CCCS(=O)(=O)[O-])c3ccccc23)cc1. The molecule has 4 atom stereocenters. The van der Waals surface area contributed by atoms with E-state index in [0.717, 1.165) is 54.1 Å². The van der Waals surface area contributed by atoms with Crippen molar-refractivity contribution in [2.45, 2.75) is 102 Å². The number of rotatable bonds is 17. The van der Waals surface area contributed by atoms with Gasteiger partial charge in [-0.2, -0.15) is 4.57 Å². The molecule has 1 heterocycles. The van der Waals surface area contributed by atoms with E-state index in [4.69, 9.17) is 4.84 Å². The highest BCUT2D eigenvalue weighted by molar-refractivity contribution is 7.89. The first-order valence-corrected chi connectivity index (χ1v) is 25.9. The van der Waals surface area contributed by atoms with E-state index in [9.17, 15) is 36.1 Å². The van der Waals surface area contributed by atoms with E-state index in [2.05, 4.69) is 23.5 Å². The highest BCUT2D eigenvalue weighted by atomic mass is 32.2. The van der Waals surface area contributed by atoms with Crippen molar-refractivity contribution in [3.05, 3.63) is 113 Å². The zero-order chi connectivity index (χ0) is 45.9. The lowest BCUT2D eigenvalue weighted by Crippen LogP contribution is -2.42. The zero-order valence-electron chi connectivity index (χ0n) is 37.1. The highest BCUT2D eigenvalue weighted by Crippen LogP contribution is 2.60. The molecule has 5 aromatic rings. The van der Waals surface area contributed by atoms with Crippen LogP contribution in [0.15, 0.2) is 101 Å². The van der Waals surface area contributed by atoms with Gasteiger partial charge in [-0.05, 0) is 130 Å². The number of phenols is 1. The van der Waals surface area contributed by atoms with Crippen LogP contribution in [-0.4, -0.2) is 73.8 Å². The molecule has 3 aliphatic carbocycles. The van der Waals surface area contributed by atoms with Crippen molar-refractivity contribution in [1.29, 1.82) is 0 Å². The number of sulfonamides is 1. The second-order valence-corrected chi connectivity index (χ2v) is 21.6. The molecule has 4 aromatic carbocycles. The van der Waals surface area contributed by atoms with Gasteiger partial charge in [0, 0.05) is 49.2 Å². The molecule has 2 N–H and O–H groups in total. The molecule has 8 rings (SSSR count). The second-order valence-electron chi connectivity index (χ2n) is 18.2. The van der Waals surface area contributed by atoms with Crippen LogP contribution in [0.5, 0.6) is 5.75 Å². The number of hydrogen-bond donors (Lipinski definition) is 2. The number of pyridine rings is 1. The fourth-order valence-corrected chi connectivity index (χ4v) is 12.8. The van der Waals surface area contributed by atoms with E-state index in [1.54, 1.807) is 60.7 Å². The van der Waals surface area contributed by atoms with Gasteiger partial charge >= 0.3 is 0 Å². The summed E-state index contributed by atoms with van der Waals surface area (Å²) in [5.74, 6) is 0.484. The molecule has 1 aromatic heterocycles. The van der Waals surface area contributed by atoms with Gasteiger partial charge in [-0.1, -0.05) is 60.1 Å². The number of aryl methyl sites for hydroxylation is 3. The topological polar surface area (TPSA) is 186 Å². The van der Waals surface area contributed by atoms with Crippen LogP contribution in [0, 0.1) is 24.2 Å². The van der Waals surface area contributed by atoms with Crippen LogP contribution in [0.1, 0.15) is 104 Å². The Bertz CT molecular complexity index is 2790. The number of hydrogen-bond acceptors (Lipinski definition) is 10. The first-order valence-electron chi connectivity index (χ1n) is 22.8. The summed E-state index contributed by atoms with van der Waals surface area (Å²) in [6.45, 7) is 4.96. The maximum absolute atomic E-state index is 14.9. The molecule has 13 nitrogen and oxygen atoms in total. The quantitative estimate of drug-likeness (QED) is 0.0311. The second kappa shape index (κ2) is 19.2. The number of phenolic OH excluding ortho intramolecular Hbond substituents is 1. The van der Waals surface area contributed by atoms with E-state index in [1.807, 2.05) is 23.6 Å². The Morgan fingerprint density at radius 1 is 0.892 bits per heavy atom. The van der Waals surface area contributed by atoms with Crippen LogP contribution < -0.4 is 9.88 Å². The van der Waals surface area contributed by atoms with Crippen molar-refractivity contribution in [1.82, 2.24) is 9.62 Å². The average Bonchev–Trinajstić information content (AvgIpc) is 3.62. The van der Waals surface area contributed by atoms with Gasteiger partial charge in [0.1, 0.15) is 12.4 Å². The molecule has 344 valence electrons. The largest absolute Gasteiger partial charge is 0.748 e. The van der Waals surface area contributed by atoms with Crippen LogP contribution in [0.25, 0.3) is 21.8 Å². The minimum absolute atomic E-state index is 0.00802. The van der Waals surface area contributed by atoms with E-state index >= 15 is 0 Å². The summed E-state index contributed by atoms with van der Waals surface area (Å²) in [5.41, 5.74) is 6.04. The summed E-state index contributed by atoms with van der Waals surface area (Å²) >= 11 is 0. The van der Waals surface area contributed by atoms with Gasteiger partial charge in [0.05, 0.1) is 37.1 Å². The minimum Gasteiger partial charge on any atom is -0.748 e. The van der Waals surface area contributed by atoms with Gasteiger partial charge in [0.2, 0.25) is 16.9 Å². The number of aromatic nitrogens is 1. The lowest BCUT2D eigenvalue weighted by Gasteiger charge is -2.49. The van der Waals surface area contributed by atoms with Crippen LogP contribution >= 0.6 is 0 Å². The van der Waals surface area contributed by atoms with Crippen molar-refractivity contribution >= 4 is 59.5 Å². The summed E-state index contributed by atoms with van der Waals surface area (Å²) < 4.78 is 65.8. The lowest BCUT2D eigenvalue weighted by molar-refractivity contribution is -0.645. The van der Waals surface area contributed by atoms with E-state index in [0.29, 0.717) is 71.3 Å². The number of carbonyl (C=O) groups excluding carboxylic acids is 2. The van der Waals surface area contributed by atoms with Gasteiger partial charge in [-0.25, -0.2) is 21.1 Å². The molecule has 15 heteroatoms. The Hall–Kier alpha value is -5.38. The molecule has 0 spiro atoms. The van der Waals surface area contributed by atoms with Gasteiger partial charge in [-0.3, -0.25) is 9.59 Å². The predicted molar refractivity (Wildman–Crippen MR) is 248 cm³/mol. The molecule has 0 saturated heterocycles. The third kappa shape index (κ3) is 9.78. The molecule has 0 unspecified atom stereocenters. The first-order chi connectivity index (χ1) is 31.2. The number of fused-ring (bicyclic) bond motifs is 7. The summed E-state index contributed by atoms with van der Waals surface area (Å²) in [5, 5.41) is 18.6. The number of nitrogens with one attached hydrogen (secondary N) is 1. The molecule has 2 fully saturated rings. The van der Waals surface area contributed by atoms with Crippen molar-refractivity contribution in [3.8, 4) is 5.75 Å². The van der Waals surface area contributed by atoms with Gasteiger partial charge in [-0.15, -0.1) is 0 Å². The molecular formula is C50H58N4O9S2. The van der Waals surface area contributed by atoms with Gasteiger partial charge < -0.3 is 19.8 Å². The number of carbonyl (C=O) groups is 2. The lowest BCUT2D eigenvalue weighted by atomic mass is 9.55. The van der Waals surface area contributed by atoms with Gasteiger partial charge in [0.15, 0.2) is 6.54 Å². The molecular weight excluding hydrogens is 865 g/mol. The third-order valence-electron chi connectivity index (χ3n) is 14.1. The molecule has 0 radical (unpaired) electrons. The maximum atomic E-state index is 14.9. The number of oxime groups is 1. The fraction of sp³-hybridized carbons (Fsp3) is 0.440. The number of benzene rings is 4. The zero-order valence-corrected chi connectivity index (χ0v) is 38.7. The summed E-state index contributed by atoms with van der Waals surface area (Å²) in [6.07, 6.45) is 7.85.